The molecule has 0 radical (unpaired) electrons. The minimum Gasteiger partial charge on any atom is -0.545 e. The molecular formula is C82H131NO8. The van der Waals surface area contributed by atoms with Crippen LogP contribution in [-0.2, 0) is 33.3 Å². The molecule has 0 aromatic carbocycles. The lowest BCUT2D eigenvalue weighted by Gasteiger charge is -2.26. The molecule has 512 valence electrons. The maximum atomic E-state index is 12.9. The molecule has 9 heteroatoms. The van der Waals surface area contributed by atoms with E-state index in [4.69, 9.17) is 18.9 Å². The Hall–Kier alpha value is -5.61. The topological polar surface area (TPSA) is 111 Å². The van der Waals surface area contributed by atoms with Crippen LogP contribution in [0, 0.1) is 0 Å². The Kier molecular flexibility index (Phi) is 65.9. The Labute approximate surface area is 558 Å². The second-order valence-corrected chi connectivity index (χ2v) is 24.4. The van der Waals surface area contributed by atoms with Crippen LogP contribution in [-0.4, -0.2) is 82.3 Å². The molecule has 0 bridgehead atoms. The molecule has 0 rings (SSSR count). The number of carbonyl (C=O) groups is 3. The summed E-state index contributed by atoms with van der Waals surface area (Å²) >= 11 is 0. The van der Waals surface area contributed by atoms with Crippen molar-refractivity contribution >= 4 is 17.9 Å². The lowest BCUT2D eigenvalue weighted by atomic mass is 10.0. The second kappa shape index (κ2) is 70.3. The van der Waals surface area contributed by atoms with E-state index in [0.717, 1.165) is 148 Å². The third-order valence-electron chi connectivity index (χ3n) is 14.6. The third kappa shape index (κ3) is 71.7. The quantitative estimate of drug-likeness (QED) is 0.0195. The van der Waals surface area contributed by atoms with E-state index in [9.17, 15) is 19.5 Å². The SMILES string of the molecule is CC/C=C\C/C=C\C/C=C\C/C=C\C/C=C\C/C=C\C/C=C\C/C=C\C/C=C\CCCCCCCC(=O)OC(COC(=O)CCCCCCCCCCCCCCCC/C=C\C/C=C\C/C=C\C/C=C\C/C=C\C/C=C\CC)COC(OCC[N+](C)(C)C)C(=O)[O-]. The van der Waals surface area contributed by atoms with Gasteiger partial charge < -0.3 is 33.3 Å². The molecule has 0 aromatic rings. The van der Waals surface area contributed by atoms with Crippen LogP contribution in [0.3, 0.4) is 0 Å². The predicted octanol–water partition coefficient (Wildman–Crippen LogP) is 21.5. The molecule has 0 spiro atoms. The lowest BCUT2D eigenvalue weighted by molar-refractivity contribution is -0.870. The average molecular weight is 1260 g/mol. The third-order valence-corrected chi connectivity index (χ3v) is 14.6. The molecule has 0 aliphatic heterocycles. The number of allylic oxidation sites excluding steroid dienone is 30. The molecule has 0 saturated carbocycles. The van der Waals surface area contributed by atoms with E-state index >= 15 is 0 Å². The molecular weight excluding hydrogens is 1130 g/mol. The molecule has 0 N–H and O–H groups in total. The second-order valence-electron chi connectivity index (χ2n) is 24.4. The molecule has 0 heterocycles. The fraction of sp³-hybridized carbons (Fsp3) is 0.598. The zero-order valence-corrected chi connectivity index (χ0v) is 58.4. The highest BCUT2D eigenvalue weighted by Gasteiger charge is 2.22. The molecule has 0 fully saturated rings. The largest absolute Gasteiger partial charge is 0.545 e. The Morgan fingerprint density at radius 3 is 0.879 bits per heavy atom. The van der Waals surface area contributed by atoms with Gasteiger partial charge in [0.1, 0.15) is 13.2 Å². The molecule has 9 nitrogen and oxygen atoms in total. The highest BCUT2D eigenvalue weighted by molar-refractivity contribution is 5.70. The van der Waals surface area contributed by atoms with Gasteiger partial charge in [0.25, 0.3) is 0 Å². The van der Waals surface area contributed by atoms with Gasteiger partial charge >= 0.3 is 11.9 Å². The summed E-state index contributed by atoms with van der Waals surface area (Å²) < 4.78 is 22.8. The number of carbonyl (C=O) groups excluding carboxylic acids is 3. The smallest absolute Gasteiger partial charge is 0.306 e. The van der Waals surface area contributed by atoms with Crippen LogP contribution >= 0.6 is 0 Å². The van der Waals surface area contributed by atoms with Gasteiger partial charge in [-0.15, -0.1) is 0 Å². The standard InChI is InChI=1S/C82H131NO8/c1-6-8-10-12-14-16-18-20-22-24-26-28-30-32-34-36-38-40-42-44-46-48-50-52-54-56-58-60-62-64-66-68-70-72-79(84)89-76-78(77-90-82(81(86)87)88-75-74-83(3,4)5)91-80(85)73-71-69-67-65-63-61-59-57-55-53-51-49-47-45-43-41-39-37-35-33-31-29-27-25-23-21-19-17-15-13-11-9-7-2/h8-11,14-17,20-23,26-29,32-35,38-41,45,47,51,53,57,59,78,82H,6-7,12-13,18-19,24-25,30-31,36-37,42-44,46,48-50,52,54-56,58,60-77H2,1-5H3/b10-8-,11-9-,16-14-,17-15-,22-20-,23-21-,28-26-,29-27-,34-32-,35-33-,40-38-,41-39-,47-45-,53-51-,59-57-. The number of likely N-dealkylation sites (N-methyl/N-ethyl adjacent to an activating group) is 1. The van der Waals surface area contributed by atoms with Crippen molar-refractivity contribution in [3.8, 4) is 0 Å². The molecule has 2 unspecified atom stereocenters. The number of nitrogens with zero attached hydrogens (tertiary/aromatic N) is 1. The minimum atomic E-state index is -1.64. The monoisotopic (exact) mass is 1260 g/mol. The molecule has 91 heavy (non-hydrogen) atoms. The number of rotatable bonds is 64. The fourth-order valence-electron chi connectivity index (χ4n) is 9.24. The summed E-state index contributed by atoms with van der Waals surface area (Å²) in [7, 11) is 5.91. The van der Waals surface area contributed by atoms with Crippen molar-refractivity contribution in [2.75, 3.05) is 47.5 Å². The Balaban J connectivity index is 4.21. The van der Waals surface area contributed by atoms with E-state index in [0.29, 0.717) is 17.4 Å². The maximum Gasteiger partial charge on any atom is 0.306 e. The van der Waals surface area contributed by atoms with Gasteiger partial charge in [-0.05, 0) is 135 Å². The van der Waals surface area contributed by atoms with Crippen LogP contribution in [0.2, 0.25) is 0 Å². The zero-order valence-electron chi connectivity index (χ0n) is 58.4. The average Bonchev–Trinajstić information content (AvgIpc) is 3.46. The number of aliphatic carboxylic acids is 1. The van der Waals surface area contributed by atoms with Gasteiger partial charge in [-0.1, -0.05) is 292 Å². The predicted molar refractivity (Wildman–Crippen MR) is 388 cm³/mol. The number of esters is 2. The first-order chi connectivity index (χ1) is 44.6. The molecule has 0 saturated heterocycles. The first-order valence-electron chi connectivity index (χ1n) is 35.9. The Bertz CT molecular complexity index is 2150. The number of hydrogen-bond acceptors (Lipinski definition) is 8. The molecule has 0 aromatic heterocycles. The van der Waals surface area contributed by atoms with Crippen molar-refractivity contribution in [3.05, 3.63) is 182 Å². The number of quaternary nitrogens is 1. The van der Waals surface area contributed by atoms with Crippen molar-refractivity contribution in [1.29, 1.82) is 0 Å². The van der Waals surface area contributed by atoms with Crippen LogP contribution in [0.1, 0.15) is 258 Å². The highest BCUT2D eigenvalue weighted by Crippen LogP contribution is 2.16. The Morgan fingerprint density at radius 2 is 0.593 bits per heavy atom. The summed E-state index contributed by atoms with van der Waals surface area (Å²) in [5.41, 5.74) is 0. The van der Waals surface area contributed by atoms with Crippen LogP contribution in [0.5, 0.6) is 0 Å². The van der Waals surface area contributed by atoms with Crippen LogP contribution in [0.15, 0.2) is 182 Å². The maximum absolute atomic E-state index is 12.9. The normalized spacial score (nSPS) is 13.8. The van der Waals surface area contributed by atoms with Gasteiger partial charge in [0.2, 0.25) is 0 Å². The number of carboxylic acids is 1. The summed E-state index contributed by atoms with van der Waals surface area (Å²) in [5, 5.41) is 11.8. The minimum absolute atomic E-state index is 0.134. The first kappa shape index (κ1) is 85.4. The van der Waals surface area contributed by atoms with E-state index in [-0.39, 0.29) is 38.6 Å². The van der Waals surface area contributed by atoms with Gasteiger partial charge in [-0.2, -0.15) is 0 Å². The van der Waals surface area contributed by atoms with Crippen molar-refractivity contribution in [2.24, 2.45) is 0 Å². The van der Waals surface area contributed by atoms with E-state index in [1.165, 1.54) is 77.0 Å². The molecule has 0 aliphatic carbocycles. The number of unbranched alkanes of at least 4 members (excludes halogenated alkanes) is 19. The van der Waals surface area contributed by atoms with Gasteiger partial charge in [-0.25, -0.2) is 0 Å². The molecule has 2 atom stereocenters. The van der Waals surface area contributed by atoms with Crippen LogP contribution in [0.4, 0.5) is 0 Å². The number of carboxylic acid groups (broad SMARTS) is 1. The van der Waals surface area contributed by atoms with Gasteiger partial charge in [-0.3, -0.25) is 9.59 Å². The van der Waals surface area contributed by atoms with Gasteiger partial charge in [0, 0.05) is 12.8 Å². The van der Waals surface area contributed by atoms with Crippen LogP contribution < -0.4 is 5.11 Å². The fourth-order valence-corrected chi connectivity index (χ4v) is 9.24. The van der Waals surface area contributed by atoms with Crippen molar-refractivity contribution in [3.63, 3.8) is 0 Å². The highest BCUT2D eigenvalue weighted by atomic mass is 16.7. The summed E-state index contributed by atoms with van der Waals surface area (Å²) in [6.45, 7) is 4.48. The number of hydrogen-bond donors (Lipinski definition) is 0. The van der Waals surface area contributed by atoms with Crippen molar-refractivity contribution < 1.29 is 42.9 Å². The van der Waals surface area contributed by atoms with Gasteiger partial charge in [0.05, 0.1) is 40.3 Å². The van der Waals surface area contributed by atoms with E-state index in [1.807, 2.05) is 21.1 Å². The molecule has 0 aliphatic rings. The van der Waals surface area contributed by atoms with E-state index in [1.54, 1.807) is 0 Å². The summed E-state index contributed by atoms with van der Waals surface area (Å²) in [5.74, 6) is -2.33. The van der Waals surface area contributed by atoms with E-state index < -0.39 is 24.3 Å². The lowest BCUT2D eigenvalue weighted by Crippen LogP contribution is -2.44. The summed E-state index contributed by atoms with van der Waals surface area (Å²) in [4.78, 5) is 37.5. The van der Waals surface area contributed by atoms with Crippen LogP contribution in [0.25, 0.3) is 0 Å². The Morgan fingerprint density at radius 1 is 0.330 bits per heavy atom. The van der Waals surface area contributed by atoms with Gasteiger partial charge in [0.15, 0.2) is 12.4 Å². The number of ether oxygens (including phenoxy) is 4. The van der Waals surface area contributed by atoms with Crippen molar-refractivity contribution in [2.45, 2.75) is 270 Å². The zero-order chi connectivity index (χ0) is 66.1. The first-order valence-corrected chi connectivity index (χ1v) is 35.9. The summed E-state index contributed by atoms with van der Waals surface area (Å²) in [6.07, 6.45) is 104. The van der Waals surface area contributed by atoms with Crippen molar-refractivity contribution in [1.82, 2.24) is 0 Å². The summed E-state index contributed by atoms with van der Waals surface area (Å²) in [6, 6.07) is 0. The molecule has 0 amide bonds. The van der Waals surface area contributed by atoms with E-state index in [2.05, 4.69) is 196 Å².